The predicted octanol–water partition coefficient (Wildman–Crippen LogP) is 4.51. The van der Waals surface area contributed by atoms with Crippen LogP contribution in [-0.4, -0.2) is 52.8 Å². The number of nitrogens with zero attached hydrogens (tertiary/aromatic N) is 5. The van der Waals surface area contributed by atoms with Gasteiger partial charge in [0, 0.05) is 48.5 Å². The molecule has 1 unspecified atom stereocenters. The molecular formula is C25H23Cl2N5O4. The molecule has 0 radical (unpaired) electrons. The number of hydrogen-bond donors (Lipinski definition) is 0. The molecule has 3 aromatic rings. The van der Waals surface area contributed by atoms with Crippen molar-refractivity contribution < 1.29 is 14.5 Å². The first-order valence-electron chi connectivity index (χ1n) is 11.2. The smallest absolute Gasteiger partial charge is 0.287 e. The van der Waals surface area contributed by atoms with Gasteiger partial charge in [-0.25, -0.2) is 4.98 Å². The maximum atomic E-state index is 13.3. The molecule has 0 bridgehead atoms. The fraction of sp³-hybridized carbons (Fsp3) is 0.240. The summed E-state index contributed by atoms with van der Waals surface area (Å²) in [4.78, 5) is 46.7. The largest absolute Gasteiger partial charge is 0.368 e. The highest BCUT2D eigenvalue weighted by Gasteiger charge is 2.40. The van der Waals surface area contributed by atoms with Crippen molar-refractivity contribution in [2.24, 2.45) is 0 Å². The van der Waals surface area contributed by atoms with E-state index in [2.05, 4.69) is 9.88 Å². The van der Waals surface area contributed by atoms with Gasteiger partial charge >= 0.3 is 0 Å². The van der Waals surface area contributed by atoms with Gasteiger partial charge in [-0.3, -0.25) is 24.6 Å². The molecule has 11 heteroatoms. The van der Waals surface area contributed by atoms with Gasteiger partial charge in [0.2, 0.25) is 5.91 Å². The number of pyridine rings is 1. The number of anilines is 2. The lowest BCUT2D eigenvalue weighted by molar-refractivity contribution is -0.385. The molecule has 36 heavy (non-hydrogen) atoms. The Hall–Kier alpha value is -3.69. The number of carbonyl (C=O) groups excluding carboxylic acids is 2. The van der Waals surface area contributed by atoms with Crippen LogP contribution in [0, 0.1) is 10.1 Å². The number of nitro groups is 1. The summed E-state index contributed by atoms with van der Waals surface area (Å²) in [5, 5.41) is 11.7. The molecule has 3 heterocycles. The van der Waals surface area contributed by atoms with Crippen molar-refractivity contribution in [3.63, 3.8) is 0 Å². The number of hydrogen-bond acceptors (Lipinski definition) is 6. The molecule has 9 nitrogen and oxygen atoms in total. The average Bonchev–Trinajstić information content (AvgIpc) is 3.16. The van der Waals surface area contributed by atoms with Gasteiger partial charge in [0.1, 0.15) is 12.0 Å². The third kappa shape index (κ3) is 4.84. The van der Waals surface area contributed by atoms with E-state index in [4.69, 9.17) is 11.6 Å². The topological polar surface area (TPSA) is 99.9 Å². The molecule has 186 valence electrons. The van der Waals surface area contributed by atoms with Crippen LogP contribution in [0.3, 0.4) is 0 Å². The third-order valence-electron chi connectivity index (χ3n) is 6.46. The molecule has 1 aromatic heterocycles. The Bertz CT molecular complexity index is 1280. The summed E-state index contributed by atoms with van der Waals surface area (Å²) < 4.78 is 0. The summed E-state index contributed by atoms with van der Waals surface area (Å²) in [5.41, 5.74) is 2.17. The number of aromatic nitrogens is 1. The molecule has 2 aliphatic rings. The Kier molecular flexibility index (Phi) is 7.42. The fourth-order valence-corrected chi connectivity index (χ4v) is 4.77. The number of rotatable bonds is 5. The van der Waals surface area contributed by atoms with Gasteiger partial charge in [0.25, 0.3) is 11.6 Å². The second-order valence-corrected chi connectivity index (χ2v) is 8.89. The van der Waals surface area contributed by atoms with Gasteiger partial charge < -0.3 is 9.80 Å². The van der Waals surface area contributed by atoms with Crippen molar-refractivity contribution in [3.05, 3.63) is 93.1 Å². The van der Waals surface area contributed by atoms with Gasteiger partial charge in [-0.1, -0.05) is 29.8 Å². The molecule has 2 aliphatic heterocycles. The first kappa shape index (κ1) is 25.4. The second-order valence-electron chi connectivity index (χ2n) is 8.46. The Labute approximate surface area is 218 Å². The first-order chi connectivity index (χ1) is 16.9. The van der Waals surface area contributed by atoms with Crippen LogP contribution in [0.5, 0.6) is 0 Å². The Morgan fingerprint density at radius 2 is 1.72 bits per heavy atom. The zero-order valence-corrected chi connectivity index (χ0v) is 20.7. The van der Waals surface area contributed by atoms with Crippen LogP contribution in [0.2, 0.25) is 5.02 Å². The molecular weight excluding hydrogens is 505 g/mol. The Morgan fingerprint density at radius 3 is 2.36 bits per heavy atom. The lowest BCUT2D eigenvalue weighted by Crippen LogP contribution is -2.49. The lowest BCUT2D eigenvalue weighted by atomic mass is 10.0. The zero-order chi connectivity index (χ0) is 24.5. The van der Waals surface area contributed by atoms with Crippen molar-refractivity contribution in [2.45, 2.75) is 12.5 Å². The highest BCUT2D eigenvalue weighted by molar-refractivity contribution is 6.30. The summed E-state index contributed by atoms with van der Waals surface area (Å²) in [6, 6.07) is 17.0. The molecule has 1 saturated heterocycles. The van der Waals surface area contributed by atoms with Crippen LogP contribution in [0.15, 0.2) is 66.9 Å². The lowest BCUT2D eigenvalue weighted by Gasteiger charge is -2.37. The Morgan fingerprint density at radius 1 is 1.03 bits per heavy atom. The Balaban J connectivity index is 0.00000304. The number of carbonyl (C=O) groups is 2. The van der Waals surface area contributed by atoms with E-state index in [9.17, 15) is 19.7 Å². The summed E-state index contributed by atoms with van der Waals surface area (Å²) in [5.74, 6) is -0.0448. The van der Waals surface area contributed by atoms with Gasteiger partial charge in [-0.15, -0.1) is 12.4 Å². The summed E-state index contributed by atoms with van der Waals surface area (Å²) in [6.07, 6.45) is 1.23. The summed E-state index contributed by atoms with van der Waals surface area (Å²) in [6.45, 7) is 2.53. The molecule has 1 atom stereocenters. The van der Waals surface area contributed by atoms with Gasteiger partial charge in [-0.05, 0) is 42.0 Å². The van der Waals surface area contributed by atoms with E-state index in [1.807, 2.05) is 41.3 Å². The molecule has 5 rings (SSSR count). The van der Waals surface area contributed by atoms with Crippen LogP contribution in [0.25, 0.3) is 0 Å². The predicted molar refractivity (Wildman–Crippen MR) is 139 cm³/mol. The summed E-state index contributed by atoms with van der Waals surface area (Å²) >= 11 is 5.99. The van der Waals surface area contributed by atoms with E-state index in [1.54, 1.807) is 12.1 Å². The SMILES string of the molecule is Cl.O=C(CC1c2ccccc2C(=O)N1c1ccc([N+](=O)[O-])cn1)N1CCN(c2ccc(Cl)cc2)CC1. The fourth-order valence-electron chi connectivity index (χ4n) is 4.65. The number of fused-ring (bicyclic) bond motifs is 1. The molecule has 2 aromatic carbocycles. The third-order valence-corrected chi connectivity index (χ3v) is 6.71. The maximum absolute atomic E-state index is 13.3. The second kappa shape index (κ2) is 10.5. The highest BCUT2D eigenvalue weighted by atomic mass is 35.5. The van der Waals surface area contributed by atoms with E-state index in [0.717, 1.165) is 17.4 Å². The minimum Gasteiger partial charge on any atom is -0.368 e. The molecule has 0 saturated carbocycles. The van der Waals surface area contributed by atoms with Crippen molar-refractivity contribution >= 4 is 53.0 Å². The van der Waals surface area contributed by atoms with E-state index in [-0.39, 0.29) is 42.1 Å². The minimum absolute atomic E-state index is 0. The van der Waals surface area contributed by atoms with E-state index in [0.29, 0.717) is 36.8 Å². The van der Waals surface area contributed by atoms with E-state index >= 15 is 0 Å². The number of piperazine rings is 1. The van der Waals surface area contributed by atoms with E-state index in [1.165, 1.54) is 17.0 Å². The standard InChI is InChI=1S/C25H22ClN5O4.ClH/c26-17-5-7-18(8-6-17)28-11-13-29(14-12-28)24(32)15-22-20-3-1-2-4-21(20)25(33)30(22)23-10-9-19(16-27-23)31(34)35;/h1-10,16,22H,11-15H2;1H. The van der Waals surface area contributed by atoms with Crippen molar-refractivity contribution in [1.82, 2.24) is 9.88 Å². The normalized spacial score (nSPS) is 17.0. The molecule has 0 spiro atoms. The molecule has 1 fully saturated rings. The van der Waals surface area contributed by atoms with Gasteiger partial charge in [-0.2, -0.15) is 0 Å². The van der Waals surface area contributed by atoms with Crippen molar-refractivity contribution in [3.8, 4) is 0 Å². The van der Waals surface area contributed by atoms with Crippen LogP contribution in [0.4, 0.5) is 17.2 Å². The van der Waals surface area contributed by atoms with E-state index < -0.39 is 11.0 Å². The first-order valence-corrected chi connectivity index (χ1v) is 11.6. The molecule has 2 amide bonds. The monoisotopic (exact) mass is 527 g/mol. The number of benzene rings is 2. The van der Waals surface area contributed by atoms with Crippen molar-refractivity contribution in [1.29, 1.82) is 0 Å². The average molecular weight is 528 g/mol. The molecule has 0 N–H and O–H groups in total. The number of halogens is 2. The molecule has 0 aliphatic carbocycles. The summed E-state index contributed by atoms with van der Waals surface area (Å²) in [7, 11) is 0. The van der Waals surface area contributed by atoms with Crippen LogP contribution in [-0.2, 0) is 4.79 Å². The zero-order valence-electron chi connectivity index (χ0n) is 19.1. The highest BCUT2D eigenvalue weighted by Crippen LogP contribution is 2.39. The van der Waals surface area contributed by atoms with Gasteiger partial charge in [0.15, 0.2) is 0 Å². The minimum atomic E-state index is -0.540. The van der Waals surface area contributed by atoms with Crippen molar-refractivity contribution in [2.75, 3.05) is 36.0 Å². The van der Waals surface area contributed by atoms with Crippen LogP contribution < -0.4 is 9.80 Å². The quantitative estimate of drug-likeness (QED) is 0.357. The van der Waals surface area contributed by atoms with Gasteiger partial charge in [0.05, 0.1) is 17.4 Å². The number of amides is 2. The van der Waals surface area contributed by atoms with Crippen LogP contribution in [0.1, 0.15) is 28.4 Å². The van der Waals surface area contributed by atoms with Crippen LogP contribution >= 0.6 is 24.0 Å². The maximum Gasteiger partial charge on any atom is 0.287 e.